The molecule has 0 atom stereocenters. The zero-order valence-corrected chi connectivity index (χ0v) is 16.4. The van der Waals surface area contributed by atoms with Gasteiger partial charge in [0.25, 0.3) is 15.9 Å². The molecule has 0 spiro atoms. The number of para-hydroxylation sites is 2. The Labute approximate surface area is 167 Å². The van der Waals surface area contributed by atoms with Gasteiger partial charge in [0.1, 0.15) is 11.6 Å². The molecule has 0 aromatic heterocycles. The van der Waals surface area contributed by atoms with Gasteiger partial charge in [-0.1, -0.05) is 24.3 Å². The standard InChI is InChI=1S/C19H19N3O6S/c1-27-15-8-4-3-7-14(15)21-17(23)12-28-18(24)10-11-20-19-13-6-2-5-9-16(13)29(25,26)22-19/h2-9H,10-12H2,1H3,(H,20,22)(H,21,23). The van der Waals surface area contributed by atoms with Crippen LogP contribution in [0, 0.1) is 0 Å². The van der Waals surface area contributed by atoms with Gasteiger partial charge >= 0.3 is 5.97 Å². The Morgan fingerprint density at radius 2 is 1.83 bits per heavy atom. The third-order valence-corrected chi connectivity index (χ3v) is 5.39. The summed E-state index contributed by atoms with van der Waals surface area (Å²) < 4.78 is 36.4. The minimum atomic E-state index is -3.62. The number of hydrogen-bond donors (Lipinski definition) is 2. The number of aliphatic imine (C=N–C) groups is 1. The third-order valence-electron chi connectivity index (χ3n) is 3.99. The number of nitrogens with one attached hydrogen (secondary N) is 2. The van der Waals surface area contributed by atoms with Crippen LogP contribution in [0.1, 0.15) is 12.0 Å². The minimum Gasteiger partial charge on any atom is -0.495 e. The fraction of sp³-hybridized carbons (Fsp3) is 0.211. The molecule has 0 saturated carbocycles. The van der Waals surface area contributed by atoms with E-state index in [-0.39, 0.29) is 23.7 Å². The van der Waals surface area contributed by atoms with E-state index < -0.39 is 28.5 Å². The Hall–Kier alpha value is -3.40. The van der Waals surface area contributed by atoms with Crippen molar-refractivity contribution in [2.45, 2.75) is 11.3 Å². The molecule has 29 heavy (non-hydrogen) atoms. The highest BCUT2D eigenvalue weighted by atomic mass is 32.2. The zero-order valence-electron chi connectivity index (χ0n) is 15.5. The minimum absolute atomic E-state index is 0.0130. The zero-order chi connectivity index (χ0) is 20.9. The molecule has 0 unspecified atom stereocenters. The number of esters is 1. The maximum atomic E-state index is 12.0. The van der Waals surface area contributed by atoms with Gasteiger partial charge < -0.3 is 14.8 Å². The van der Waals surface area contributed by atoms with E-state index in [2.05, 4.69) is 15.0 Å². The molecular weight excluding hydrogens is 398 g/mol. The molecule has 1 heterocycles. The van der Waals surface area contributed by atoms with E-state index in [9.17, 15) is 18.0 Å². The SMILES string of the molecule is COc1ccccc1NC(=O)COC(=O)CCN=C1NS(=O)(=O)c2ccccc21. The lowest BCUT2D eigenvalue weighted by Crippen LogP contribution is -2.23. The largest absolute Gasteiger partial charge is 0.495 e. The second kappa shape index (κ2) is 8.74. The van der Waals surface area contributed by atoms with Crippen LogP contribution in [-0.4, -0.2) is 46.4 Å². The van der Waals surface area contributed by atoms with Crippen molar-refractivity contribution in [1.29, 1.82) is 0 Å². The summed E-state index contributed by atoms with van der Waals surface area (Å²) >= 11 is 0. The highest BCUT2D eigenvalue weighted by Gasteiger charge is 2.29. The lowest BCUT2D eigenvalue weighted by Gasteiger charge is -2.10. The third kappa shape index (κ3) is 4.91. The number of anilines is 1. The van der Waals surface area contributed by atoms with E-state index in [1.165, 1.54) is 13.2 Å². The molecule has 3 rings (SSSR count). The Morgan fingerprint density at radius 3 is 2.62 bits per heavy atom. The van der Waals surface area contributed by atoms with Crippen LogP contribution in [-0.2, 0) is 24.3 Å². The number of nitrogens with zero attached hydrogens (tertiary/aromatic N) is 1. The molecule has 1 aliphatic heterocycles. The van der Waals surface area contributed by atoms with Gasteiger partial charge in [-0.25, -0.2) is 8.42 Å². The van der Waals surface area contributed by atoms with E-state index in [4.69, 9.17) is 9.47 Å². The molecule has 0 radical (unpaired) electrons. The first kappa shape index (κ1) is 20.3. The highest BCUT2D eigenvalue weighted by molar-refractivity contribution is 7.90. The molecule has 0 aliphatic carbocycles. The smallest absolute Gasteiger partial charge is 0.308 e. The molecule has 0 saturated heterocycles. The second-order valence-electron chi connectivity index (χ2n) is 5.99. The van der Waals surface area contributed by atoms with Crippen molar-refractivity contribution in [2.75, 3.05) is 25.6 Å². The van der Waals surface area contributed by atoms with Crippen molar-refractivity contribution in [3.63, 3.8) is 0 Å². The number of amidine groups is 1. The quantitative estimate of drug-likeness (QED) is 0.655. The number of hydrogen-bond acceptors (Lipinski definition) is 7. The van der Waals surface area contributed by atoms with Gasteiger partial charge in [0.05, 0.1) is 30.7 Å². The van der Waals surface area contributed by atoms with Gasteiger partial charge in [-0.2, -0.15) is 0 Å². The topological polar surface area (TPSA) is 123 Å². The number of sulfonamides is 1. The lowest BCUT2D eigenvalue weighted by molar-refractivity contribution is -0.147. The maximum absolute atomic E-state index is 12.0. The van der Waals surface area contributed by atoms with Crippen LogP contribution in [0.4, 0.5) is 5.69 Å². The Kier molecular flexibility index (Phi) is 6.13. The van der Waals surface area contributed by atoms with E-state index in [1.807, 2.05) is 0 Å². The fourth-order valence-electron chi connectivity index (χ4n) is 2.66. The van der Waals surface area contributed by atoms with Gasteiger partial charge in [-0.15, -0.1) is 0 Å². The molecule has 9 nitrogen and oxygen atoms in total. The fourth-order valence-corrected chi connectivity index (χ4v) is 3.91. The Morgan fingerprint density at radius 1 is 1.10 bits per heavy atom. The first-order chi connectivity index (χ1) is 13.9. The summed E-state index contributed by atoms with van der Waals surface area (Å²) in [6.07, 6.45) is -0.102. The van der Waals surface area contributed by atoms with Gasteiger partial charge in [0.2, 0.25) is 0 Å². The van der Waals surface area contributed by atoms with Crippen LogP contribution < -0.4 is 14.8 Å². The molecule has 152 valence electrons. The van der Waals surface area contributed by atoms with Crippen LogP contribution in [0.3, 0.4) is 0 Å². The van der Waals surface area contributed by atoms with Crippen molar-refractivity contribution in [3.05, 3.63) is 54.1 Å². The molecule has 1 aliphatic rings. The average Bonchev–Trinajstić information content (AvgIpc) is 2.97. The number of carbonyl (C=O) groups excluding carboxylic acids is 2. The second-order valence-corrected chi connectivity index (χ2v) is 7.64. The van der Waals surface area contributed by atoms with Gasteiger partial charge in [0.15, 0.2) is 6.61 Å². The maximum Gasteiger partial charge on any atom is 0.308 e. The van der Waals surface area contributed by atoms with E-state index >= 15 is 0 Å². The summed E-state index contributed by atoms with van der Waals surface area (Å²) in [6.45, 7) is -0.442. The number of rotatable bonds is 7. The van der Waals surface area contributed by atoms with Crippen molar-refractivity contribution >= 4 is 33.4 Å². The van der Waals surface area contributed by atoms with Crippen LogP contribution in [0.15, 0.2) is 58.4 Å². The summed E-state index contributed by atoms with van der Waals surface area (Å²) in [6, 6.07) is 13.3. The van der Waals surface area contributed by atoms with Crippen LogP contribution >= 0.6 is 0 Å². The predicted octanol–water partition coefficient (Wildman–Crippen LogP) is 1.31. The molecule has 1 amide bonds. The number of benzene rings is 2. The molecule has 0 fully saturated rings. The number of ether oxygens (including phenoxy) is 2. The van der Waals surface area contributed by atoms with Gasteiger partial charge in [0, 0.05) is 5.56 Å². The summed E-state index contributed by atoms with van der Waals surface area (Å²) in [5, 5.41) is 2.59. The summed E-state index contributed by atoms with van der Waals surface area (Å²) in [5.74, 6) is -0.463. The predicted molar refractivity (Wildman–Crippen MR) is 105 cm³/mol. The molecule has 10 heteroatoms. The van der Waals surface area contributed by atoms with Crippen LogP contribution in [0.25, 0.3) is 0 Å². The van der Waals surface area contributed by atoms with Crippen LogP contribution in [0.2, 0.25) is 0 Å². The van der Waals surface area contributed by atoms with Gasteiger partial charge in [-0.05, 0) is 24.3 Å². The normalized spacial score (nSPS) is 15.3. The van der Waals surface area contributed by atoms with Gasteiger partial charge in [-0.3, -0.25) is 19.3 Å². The monoisotopic (exact) mass is 417 g/mol. The highest BCUT2D eigenvalue weighted by Crippen LogP contribution is 2.23. The van der Waals surface area contributed by atoms with Crippen molar-refractivity contribution in [3.8, 4) is 5.75 Å². The first-order valence-corrected chi connectivity index (χ1v) is 10.1. The Bertz CT molecular complexity index is 1070. The van der Waals surface area contributed by atoms with Crippen LogP contribution in [0.5, 0.6) is 5.75 Å². The average molecular weight is 417 g/mol. The summed E-state index contributed by atoms with van der Waals surface area (Å²) in [7, 11) is -2.14. The Balaban J connectivity index is 1.48. The summed E-state index contributed by atoms with van der Waals surface area (Å²) in [5.41, 5.74) is 0.923. The molecule has 0 bridgehead atoms. The number of amides is 1. The first-order valence-electron chi connectivity index (χ1n) is 8.66. The van der Waals surface area contributed by atoms with Crippen molar-refractivity contribution in [2.24, 2.45) is 4.99 Å². The molecule has 2 N–H and O–H groups in total. The van der Waals surface area contributed by atoms with E-state index in [0.29, 0.717) is 17.0 Å². The molecule has 2 aromatic rings. The van der Waals surface area contributed by atoms with Crippen molar-refractivity contribution in [1.82, 2.24) is 4.72 Å². The summed E-state index contributed by atoms with van der Waals surface area (Å²) in [4.78, 5) is 28.0. The number of fused-ring (bicyclic) bond motifs is 1. The lowest BCUT2D eigenvalue weighted by atomic mass is 10.2. The van der Waals surface area contributed by atoms with Crippen molar-refractivity contribution < 1.29 is 27.5 Å². The molecular formula is C19H19N3O6S. The number of carbonyl (C=O) groups is 2. The number of methoxy groups -OCH3 is 1. The molecule has 2 aromatic carbocycles. The van der Waals surface area contributed by atoms with E-state index in [0.717, 1.165) is 0 Å². The van der Waals surface area contributed by atoms with E-state index in [1.54, 1.807) is 42.5 Å².